The van der Waals surface area contributed by atoms with Crippen LogP contribution in [0.3, 0.4) is 0 Å². The van der Waals surface area contributed by atoms with Crippen LogP contribution in [0, 0.1) is 6.92 Å². The molecule has 0 radical (unpaired) electrons. The molecule has 0 bridgehead atoms. The molecule has 1 aromatic heterocycles. The van der Waals surface area contributed by atoms with Gasteiger partial charge in [-0.2, -0.15) is 0 Å². The van der Waals surface area contributed by atoms with E-state index in [-0.39, 0.29) is 24.1 Å². The topological polar surface area (TPSA) is 87.6 Å². The Kier molecular flexibility index (Phi) is 4.39. The Hall–Kier alpha value is -1.47. The summed E-state index contributed by atoms with van der Waals surface area (Å²) in [6, 6.07) is 5.32. The van der Waals surface area contributed by atoms with Crippen molar-refractivity contribution in [1.82, 2.24) is 9.88 Å². The van der Waals surface area contributed by atoms with Gasteiger partial charge in [0.1, 0.15) is 0 Å². The molecule has 0 aliphatic carbocycles. The molecule has 7 heteroatoms. The predicted molar refractivity (Wildman–Crippen MR) is 74.1 cm³/mol. The van der Waals surface area contributed by atoms with E-state index in [1.165, 1.54) is 0 Å². The number of pyridine rings is 1. The molecule has 0 aromatic carbocycles. The van der Waals surface area contributed by atoms with Gasteiger partial charge in [0.25, 0.3) is 0 Å². The Morgan fingerprint density at radius 3 is 2.80 bits per heavy atom. The van der Waals surface area contributed by atoms with Gasteiger partial charge in [-0.25, -0.2) is 8.42 Å². The second-order valence-electron chi connectivity index (χ2n) is 5.13. The fourth-order valence-corrected chi connectivity index (χ4v) is 4.21. The minimum absolute atomic E-state index is 0.0338. The molecule has 1 aromatic rings. The maximum atomic E-state index is 11.5. The van der Waals surface area contributed by atoms with E-state index in [1.807, 2.05) is 25.1 Å². The lowest BCUT2D eigenvalue weighted by molar-refractivity contribution is -0.139. The molecular weight excluding hydrogens is 280 g/mol. The molecule has 0 amide bonds. The van der Waals surface area contributed by atoms with Gasteiger partial charge in [0, 0.05) is 18.3 Å². The first-order chi connectivity index (χ1) is 9.35. The van der Waals surface area contributed by atoms with Crippen LogP contribution in [0.5, 0.6) is 0 Å². The average molecular weight is 298 g/mol. The molecule has 110 valence electrons. The number of rotatable bonds is 5. The van der Waals surface area contributed by atoms with Crippen LogP contribution in [-0.4, -0.2) is 53.5 Å². The smallest absolute Gasteiger partial charge is 0.317 e. The maximum Gasteiger partial charge on any atom is 0.317 e. The molecule has 1 aliphatic rings. The van der Waals surface area contributed by atoms with E-state index < -0.39 is 15.8 Å². The van der Waals surface area contributed by atoms with Gasteiger partial charge >= 0.3 is 5.97 Å². The zero-order valence-corrected chi connectivity index (χ0v) is 12.1. The highest BCUT2D eigenvalue weighted by atomic mass is 32.2. The second-order valence-corrected chi connectivity index (χ2v) is 7.35. The van der Waals surface area contributed by atoms with Crippen LogP contribution in [-0.2, 0) is 21.2 Å². The number of nitrogens with zero attached hydrogens (tertiary/aromatic N) is 2. The first-order valence-electron chi connectivity index (χ1n) is 6.44. The normalized spacial score (nSPS) is 21.2. The molecule has 1 N–H and O–H groups in total. The van der Waals surface area contributed by atoms with Crippen molar-refractivity contribution in [1.29, 1.82) is 0 Å². The summed E-state index contributed by atoms with van der Waals surface area (Å²) in [5, 5.41) is 9.00. The number of aromatic nitrogens is 1. The van der Waals surface area contributed by atoms with E-state index in [4.69, 9.17) is 5.11 Å². The van der Waals surface area contributed by atoms with E-state index in [0.717, 1.165) is 11.4 Å². The third-order valence-electron chi connectivity index (χ3n) is 3.37. The Morgan fingerprint density at radius 2 is 2.25 bits per heavy atom. The molecule has 2 heterocycles. The minimum Gasteiger partial charge on any atom is -0.480 e. The number of sulfone groups is 1. The summed E-state index contributed by atoms with van der Waals surface area (Å²) in [4.78, 5) is 17.0. The van der Waals surface area contributed by atoms with Crippen molar-refractivity contribution < 1.29 is 18.3 Å². The second kappa shape index (κ2) is 5.88. The van der Waals surface area contributed by atoms with E-state index >= 15 is 0 Å². The Bertz CT molecular complexity index is 600. The first-order valence-corrected chi connectivity index (χ1v) is 8.27. The van der Waals surface area contributed by atoms with Crippen LogP contribution in [0.25, 0.3) is 0 Å². The summed E-state index contributed by atoms with van der Waals surface area (Å²) in [5.74, 6) is -0.789. The number of aryl methyl sites for hydroxylation is 1. The SMILES string of the molecule is Cc1cccc(CN(CC(=O)O)C2CCS(=O)(=O)C2)n1. The van der Waals surface area contributed by atoms with E-state index in [0.29, 0.717) is 13.0 Å². The van der Waals surface area contributed by atoms with Crippen LogP contribution in [0.15, 0.2) is 18.2 Å². The molecule has 1 atom stereocenters. The summed E-state index contributed by atoms with van der Waals surface area (Å²) < 4.78 is 23.1. The van der Waals surface area contributed by atoms with Crippen molar-refractivity contribution in [2.24, 2.45) is 0 Å². The van der Waals surface area contributed by atoms with Crippen LogP contribution in [0.4, 0.5) is 0 Å². The molecule has 2 rings (SSSR count). The van der Waals surface area contributed by atoms with Gasteiger partial charge in [-0.1, -0.05) is 6.07 Å². The van der Waals surface area contributed by atoms with Crippen LogP contribution >= 0.6 is 0 Å². The number of carbonyl (C=O) groups is 1. The van der Waals surface area contributed by atoms with Crippen molar-refractivity contribution in [3.8, 4) is 0 Å². The highest BCUT2D eigenvalue weighted by molar-refractivity contribution is 7.91. The van der Waals surface area contributed by atoms with Crippen molar-refractivity contribution in [3.63, 3.8) is 0 Å². The highest BCUT2D eigenvalue weighted by Crippen LogP contribution is 2.19. The summed E-state index contributed by atoms with van der Waals surface area (Å²) >= 11 is 0. The lowest BCUT2D eigenvalue weighted by Crippen LogP contribution is -2.39. The standard InChI is InChI=1S/C13H18N2O4S/c1-10-3-2-4-11(14-10)7-15(8-13(16)17)12-5-6-20(18,19)9-12/h2-4,12H,5-9H2,1H3,(H,16,17). The zero-order chi connectivity index (χ0) is 14.8. The fourth-order valence-electron chi connectivity index (χ4n) is 2.45. The minimum atomic E-state index is -3.03. The Labute approximate surface area is 118 Å². The number of carboxylic acids is 1. The molecule has 1 fully saturated rings. The van der Waals surface area contributed by atoms with E-state index in [1.54, 1.807) is 4.90 Å². The molecule has 1 aliphatic heterocycles. The van der Waals surface area contributed by atoms with Crippen LogP contribution in [0.2, 0.25) is 0 Å². The zero-order valence-electron chi connectivity index (χ0n) is 11.3. The molecular formula is C13H18N2O4S. The van der Waals surface area contributed by atoms with Crippen molar-refractivity contribution >= 4 is 15.8 Å². The number of aliphatic carboxylic acids is 1. The third kappa shape index (κ3) is 4.01. The van der Waals surface area contributed by atoms with Crippen molar-refractivity contribution in [2.75, 3.05) is 18.1 Å². The summed E-state index contributed by atoms with van der Waals surface area (Å²) in [6.07, 6.45) is 0.488. The lowest BCUT2D eigenvalue weighted by atomic mass is 10.2. The number of hydrogen-bond acceptors (Lipinski definition) is 5. The summed E-state index contributed by atoms with van der Waals surface area (Å²) in [6.45, 7) is 2.05. The van der Waals surface area contributed by atoms with Gasteiger partial charge in [-0.15, -0.1) is 0 Å². The molecule has 1 saturated heterocycles. The quantitative estimate of drug-likeness (QED) is 0.850. The summed E-state index contributed by atoms with van der Waals surface area (Å²) in [7, 11) is -3.03. The summed E-state index contributed by atoms with van der Waals surface area (Å²) in [5.41, 5.74) is 1.62. The van der Waals surface area contributed by atoms with Gasteiger partial charge in [-0.05, 0) is 25.5 Å². The Morgan fingerprint density at radius 1 is 1.50 bits per heavy atom. The van der Waals surface area contributed by atoms with Gasteiger partial charge < -0.3 is 5.11 Å². The van der Waals surface area contributed by atoms with Crippen molar-refractivity contribution in [3.05, 3.63) is 29.6 Å². The first kappa shape index (κ1) is 14.9. The predicted octanol–water partition coefficient (Wildman–Crippen LogP) is 0.464. The monoisotopic (exact) mass is 298 g/mol. The lowest BCUT2D eigenvalue weighted by Gasteiger charge is -2.25. The largest absolute Gasteiger partial charge is 0.480 e. The molecule has 20 heavy (non-hydrogen) atoms. The Balaban J connectivity index is 2.14. The molecule has 0 saturated carbocycles. The average Bonchev–Trinajstić information content (AvgIpc) is 2.68. The van der Waals surface area contributed by atoms with Crippen molar-refractivity contribution in [2.45, 2.75) is 25.9 Å². The van der Waals surface area contributed by atoms with Crippen LogP contribution < -0.4 is 0 Å². The molecule has 6 nitrogen and oxygen atoms in total. The van der Waals surface area contributed by atoms with Gasteiger partial charge in [0.15, 0.2) is 9.84 Å². The highest BCUT2D eigenvalue weighted by Gasteiger charge is 2.33. The van der Waals surface area contributed by atoms with Crippen LogP contribution in [0.1, 0.15) is 17.8 Å². The third-order valence-corrected chi connectivity index (χ3v) is 5.12. The van der Waals surface area contributed by atoms with Gasteiger partial charge in [0.05, 0.1) is 23.7 Å². The fraction of sp³-hybridized carbons (Fsp3) is 0.538. The van der Waals surface area contributed by atoms with Gasteiger partial charge in [-0.3, -0.25) is 14.7 Å². The van der Waals surface area contributed by atoms with Gasteiger partial charge in [0.2, 0.25) is 0 Å². The number of carboxylic acid groups (broad SMARTS) is 1. The maximum absolute atomic E-state index is 11.5. The van der Waals surface area contributed by atoms with E-state index in [2.05, 4.69) is 4.98 Å². The molecule has 0 spiro atoms. The van der Waals surface area contributed by atoms with E-state index in [9.17, 15) is 13.2 Å². The molecule has 1 unspecified atom stereocenters. The number of hydrogen-bond donors (Lipinski definition) is 1.